The first-order valence-corrected chi connectivity index (χ1v) is 11.7. The fourth-order valence-corrected chi connectivity index (χ4v) is 4.32. The van der Waals surface area contributed by atoms with E-state index >= 15 is 0 Å². The molecule has 0 bridgehead atoms. The van der Waals surface area contributed by atoms with E-state index in [1.165, 1.54) is 24.5 Å². The number of nitrogens with zero attached hydrogens (tertiary/aromatic N) is 3. The van der Waals surface area contributed by atoms with E-state index in [0.717, 1.165) is 26.1 Å². The van der Waals surface area contributed by atoms with E-state index in [1.54, 1.807) is 24.3 Å². The number of hydrogen-bond donors (Lipinski definition) is 1. The summed E-state index contributed by atoms with van der Waals surface area (Å²) >= 11 is 0. The fraction of sp³-hybridized carbons (Fsp3) is 0.455. The van der Waals surface area contributed by atoms with Crippen LogP contribution in [0.15, 0.2) is 53.7 Å². The molecule has 1 fully saturated rings. The number of nitrogens with one attached hydrogen (secondary N) is 1. The molecule has 1 aromatic carbocycles. The third-order valence-electron chi connectivity index (χ3n) is 5.18. The molecule has 1 aliphatic heterocycles. The molecule has 3 rings (SSSR count). The monoisotopic (exact) mass is 430 g/mol. The minimum atomic E-state index is -3.72. The summed E-state index contributed by atoms with van der Waals surface area (Å²) < 4.78 is 27.5. The first-order chi connectivity index (χ1) is 14.1. The van der Waals surface area contributed by atoms with Crippen LogP contribution in [0.5, 0.6) is 0 Å². The molecule has 8 heteroatoms. The Morgan fingerprint density at radius 2 is 1.60 bits per heavy atom. The second-order valence-electron chi connectivity index (χ2n) is 8.81. The average Bonchev–Trinajstić information content (AvgIpc) is 2.72. The normalized spacial score (nSPS) is 15.8. The van der Waals surface area contributed by atoms with Gasteiger partial charge in [0.05, 0.1) is 10.6 Å². The molecule has 7 nitrogen and oxygen atoms in total. The van der Waals surface area contributed by atoms with Crippen LogP contribution in [0.1, 0.15) is 37.6 Å². The molecule has 0 aliphatic carbocycles. The van der Waals surface area contributed by atoms with Crippen molar-refractivity contribution >= 4 is 21.6 Å². The number of sulfonamides is 1. The summed E-state index contributed by atoms with van der Waals surface area (Å²) in [6.45, 7) is 10.9. The van der Waals surface area contributed by atoms with Crippen molar-refractivity contribution in [2.24, 2.45) is 5.41 Å². The van der Waals surface area contributed by atoms with Crippen LogP contribution in [0.25, 0.3) is 0 Å². The summed E-state index contributed by atoms with van der Waals surface area (Å²) in [4.78, 5) is 21.0. The van der Waals surface area contributed by atoms with E-state index in [4.69, 9.17) is 0 Å². The quantitative estimate of drug-likeness (QED) is 0.762. The van der Waals surface area contributed by atoms with Gasteiger partial charge in [-0.1, -0.05) is 20.8 Å². The predicted octanol–water partition coefficient (Wildman–Crippen LogP) is 3.08. The minimum Gasteiger partial charge on any atom is -0.336 e. The van der Waals surface area contributed by atoms with Crippen molar-refractivity contribution in [2.75, 3.05) is 37.4 Å². The molecular formula is C22H30N4O3S. The Morgan fingerprint density at radius 1 is 1.00 bits per heavy atom. The van der Waals surface area contributed by atoms with Crippen LogP contribution in [0.2, 0.25) is 0 Å². The molecule has 1 aliphatic rings. The Morgan fingerprint density at radius 3 is 2.17 bits per heavy atom. The van der Waals surface area contributed by atoms with Crippen molar-refractivity contribution in [1.82, 2.24) is 14.8 Å². The molecule has 0 spiro atoms. The predicted molar refractivity (Wildman–Crippen MR) is 118 cm³/mol. The number of anilines is 1. The molecule has 0 atom stereocenters. The summed E-state index contributed by atoms with van der Waals surface area (Å²) in [5, 5.41) is 0. The third kappa shape index (κ3) is 6.03. The fourth-order valence-electron chi connectivity index (χ4n) is 3.26. The van der Waals surface area contributed by atoms with Gasteiger partial charge in [-0.3, -0.25) is 19.4 Å². The van der Waals surface area contributed by atoms with E-state index in [2.05, 4.69) is 35.4 Å². The van der Waals surface area contributed by atoms with Crippen molar-refractivity contribution in [1.29, 1.82) is 0 Å². The standard InChI is InChI=1S/C22H30N4O3S/c1-22(2,3)10-13-25-14-16-26(17-15-25)21(27)18-4-6-20(7-5-18)30(28,29)24-19-8-11-23-12-9-19/h4-9,11-12H,10,13-17H2,1-3H3,(H,23,24). The molecule has 0 saturated carbocycles. The summed E-state index contributed by atoms with van der Waals surface area (Å²) in [5.41, 5.74) is 1.25. The van der Waals surface area contributed by atoms with E-state index in [0.29, 0.717) is 29.8 Å². The smallest absolute Gasteiger partial charge is 0.261 e. The number of pyridine rings is 1. The van der Waals surface area contributed by atoms with Crippen molar-refractivity contribution in [3.63, 3.8) is 0 Å². The number of piperazine rings is 1. The highest BCUT2D eigenvalue weighted by Gasteiger charge is 2.23. The van der Waals surface area contributed by atoms with Gasteiger partial charge in [0.25, 0.3) is 15.9 Å². The van der Waals surface area contributed by atoms with E-state index < -0.39 is 10.0 Å². The Hall–Kier alpha value is -2.45. The van der Waals surface area contributed by atoms with Crippen molar-refractivity contribution in [2.45, 2.75) is 32.1 Å². The topological polar surface area (TPSA) is 82.6 Å². The van der Waals surface area contributed by atoms with E-state index in [9.17, 15) is 13.2 Å². The molecule has 2 aromatic rings. The highest BCUT2D eigenvalue weighted by atomic mass is 32.2. The Balaban J connectivity index is 1.58. The number of hydrogen-bond acceptors (Lipinski definition) is 5. The molecule has 2 heterocycles. The number of rotatable bonds is 6. The maximum absolute atomic E-state index is 12.8. The summed E-state index contributed by atoms with van der Waals surface area (Å²) in [7, 11) is -3.72. The maximum atomic E-state index is 12.8. The number of carbonyl (C=O) groups excluding carboxylic acids is 1. The zero-order valence-corrected chi connectivity index (χ0v) is 18.7. The summed E-state index contributed by atoms with van der Waals surface area (Å²) in [5.74, 6) is -0.0588. The largest absolute Gasteiger partial charge is 0.336 e. The van der Waals surface area contributed by atoms with E-state index in [-0.39, 0.29) is 10.8 Å². The Bertz CT molecular complexity index is 946. The minimum absolute atomic E-state index is 0.0588. The first-order valence-electron chi connectivity index (χ1n) is 10.2. The van der Waals surface area contributed by atoms with Gasteiger partial charge in [-0.2, -0.15) is 0 Å². The van der Waals surface area contributed by atoms with Crippen LogP contribution in [-0.4, -0.2) is 61.8 Å². The molecule has 0 radical (unpaired) electrons. The van der Waals surface area contributed by atoms with Crippen LogP contribution in [0.3, 0.4) is 0 Å². The number of amides is 1. The lowest BCUT2D eigenvalue weighted by molar-refractivity contribution is 0.0623. The number of carbonyl (C=O) groups is 1. The lowest BCUT2D eigenvalue weighted by Crippen LogP contribution is -2.49. The lowest BCUT2D eigenvalue weighted by atomic mass is 9.92. The van der Waals surface area contributed by atoms with Gasteiger partial charge in [0, 0.05) is 44.1 Å². The SMILES string of the molecule is CC(C)(C)CCN1CCN(C(=O)c2ccc(S(=O)(=O)Nc3ccncc3)cc2)CC1. The van der Waals surface area contributed by atoms with Crippen molar-refractivity contribution in [3.8, 4) is 0 Å². The molecule has 1 amide bonds. The lowest BCUT2D eigenvalue weighted by Gasteiger charge is -2.36. The van der Waals surface area contributed by atoms with Crippen LogP contribution < -0.4 is 4.72 Å². The zero-order chi connectivity index (χ0) is 21.8. The molecular weight excluding hydrogens is 400 g/mol. The highest BCUT2D eigenvalue weighted by Crippen LogP contribution is 2.20. The van der Waals surface area contributed by atoms with Gasteiger partial charge in [-0.15, -0.1) is 0 Å². The van der Waals surface area contributed by atoms with Gasteiger partial charge in [0.1, 0.15) is 0 Å². The molecule has 1 N–H and O–H groups in total. The number of benzene rings is 1. The van der Waals surface area contributed by atoms with Crippen molar-refractivity contribution in [3.05, 3.63) is 54.4 Å². The molecule has 30 heavy (non-hydrogen) atoms. The maximum Gasteiger partial charge on any atom is 0.261 e. The average molecular weight is 431 g/mol. The summed E-state index contributed by atoms with van der Waals surface area (Å²) in [6.07, 6.45) is 4.16. The van der Waals surface area contributed by atoms with Crippen LogP contribution in [0, 0.1) is 5.41 Å². The Kier molecular flexibility index (Phi) is 6.77. The van der Waals surface area contributed by atoms with Gasteiger partial charge in [-0.05, 0) is 54.8 Å². The highest BCUT2D eigenvalue weighted by molar-refractivity contribution is 7.92. The van der Waals surface area contributed by atoms with Crippen LogP contribution >= 0.6 is 0 Å². The Labute approximate surface area is 179 Å². The van der Waals surface area contributed by atoms with Crippen LogP contribution in [0.4, 0.5) is 5.69 Å². The van der Waals surface area contributed by atoms with Gasteiger partial charge in [0.2, 0.25) is 0 Å². The molecule has 162 valence electrons. The molecule has 1 saturated heterocycles. The van der Waals surface area contributed by atoms with E-state index in [1.807, 2.05) is 4.90 Å². The number of aromatic nitrogens is 1. The van der Waals surface area contributed by atoms with Crippen LogP contribution in [-0.2, 0) is 10.0 Å². The second kappa shape index (κ2) is 9.14. The van der Waals surface area contributed by atoms with Gasteiger partial charge in [0.15, 0.2) is 0 Å². The second-order valence-corrected chi connectivity index (χ2v) is 10.5. The van der Waals surface area contributed by atoms with Crippen molar-refractivity contribution < 1.29 is 13.2 Å². The molecule has 0 unspecified atom stereocenters. The van der Waals surface area contributed by atoms with Gasteiger partial charge in [-0.25, -0.2) is 8.42 Å². The van der Waals surface area contributed by atoms with Gasteiger partial charge >= 0.3 is 0 Å². The summed E-state index contributed by atoms with van der Waals surface area (Å²) in [6, 6.07) is 9.25. The first kappa shape index (κ1) is 22.2. The third-order valence-corrected chi connectivity index (χ3v) is 6.58. The zero-order valence-electron chi connectivity index (χ0n) is 17.8. The van der Waals surface area contributed by atoms with Gasteiger partial charge < -0.3 is 4.90 Å². The molecule has 1 aromatic heterocycles.